The SMILES string of the molecule is CCC(CC)C1CC(=O)CC(=O)C1. The molecule has 0 atom stereocenters. The normalized spacial score (nSPS) is 19.9. The maximum atomic E-state index is 11.2. The second-order valence-electron chi connectivity index (χ2n) is 4.00. The molecule has 0 bridgehead atoms. The Bertz CT molecular complexity index is 188. The highest BCUT2D eigenvalue weighted by Gasteiger charge is 2.29. The molecule has 1 fully saturated rings. The lowest BCUT2D eigenvalue weighted by Crippen LogP contribution is -2.27. The van der Waals surface area contributed by atoms with Gasteiger partial charge in [0.05, 0.1) is 6.42 Å². The van der Waals surface area contributed by atoms with Crippen molar-refractivity contribution in [3.05, 3.63) is 0 Å². The molecule has 0 aliphatic heterocycles. The van der Waals surface area contributed by atoms with E-state index in [0.717, 1.165) is 12.8 Å². The van der Waals surface area contributed by atoms with E-state index in [0.29, 0.717) is 24.7 Å². The van der Waals surface area contributed by atoms with Crippen LogP contribution in [-0.4, -0.2) is 11.6 Å². The summed E-state index contributed by atoms with van der Waals surface area (Å²) in [4.78, 5) is 22.4. The first kappa shape index (κ1) is 10.4. The minimum atomic E-state index is 0.146. The molecule has 0 aromatic rings. The van der Waals surface area contributed by atoms with Gasteiger partial charge in [-0.25, -0.2) is 0 Å². The molecule has 0 aromatic carbocycles. The lowest BCUT2D eigenvalue weighted by molar-refractivity contribution is -0.132. The van der Waals surface area contributed by atoms with Crippen LogP contribution < -0.4 is 0 Å². The van der Waals surface area contributed by atoms with Gasteiger partial charge in [-0.1, -0.05) is 26.7 Å². The van der Waals surface area contributed by atoms with Crippen molar-refractivity contribution in [2.75, 3.05) is 0 Å². The highest BCUT2D eigenvalue weighted by molar-refractivity contribution is 6.01. The minimum absolute atomic E-state index is 0.146. The molecule has 1 aliphatic carbocycles. The maximum Gasteiger partial charge on any atom is 0.140 e. The molecule has 13 heavy (non-hydrogen) atoms. The van der Waals surface area contributed by atoms with Crippen molar-refractivity contribution in [2.45, 2.75) is 46.0 Å². The molecule has 0 amide bonds. The Hall–Kier alpha value is -0.660. The summed E-state index contributed by atoms with van der Waals surface area (Å²) in [7, 11) is 0. The number of carbonyl (C=O) groups is 2. The predicted octanol–water partition coefficient (Wildman–Crippen LogP) is 2.36. The number of carbonyl (C=O) groups excluding carboxylic acids is 2. The Morgan fingerprint density at radius 2 is 1.62 bits per heavy atom. The van der Waals surface area contributed by atoms with Crippen LogP contribution in [0.25, 0.3) is 0 Å². The number of hydrogen-bond acceptors (Lipinski definition) is 2. The number of ketones is 2. The standard InChI is InChI=1S/C11H18O2/c1-3-8(4-2)9-5-10(12)7-11(13)6-9/h8-9H,3-7H2,1-2H3. The van der Waals surface area contributed by atoms with Gasteiger partial charge in [0.2, 0.25) is 0 Å². The number of Topliss-reactive ketones (excluding diaryl/α,β-unsaturated/α-hetero) is 2. The number of hydrogen-bond donors (Lipinski definition) is 0. The first-order valence-corrected chi connectivity index (χ1v) is 5.20. The van der Waals surface area contributed by atoms with Crippen LogP contribution in [0.3, 0.4) is 0 Å². The van der Waals surface area contributed by atoms with Crippen molar-refractivity contribution in [2.24, 2.45) is 11.8 Å². The van der Waals surface area contributed by atoms with Crippen LogP contribution >= 0.6 is 0 Å². The van der Waals surface area contributed by atoms with Crippen molar-refractivity contribution >= 4 is 11.6 Å². The quantitative estimate of drug-likeness (QED) is 0.628. The molecular formula is C11H18O2. The molecule has 0 heterocycles. The summed E-state index contributed by atoms with van der Waals surface area (Å²) >= 11 is 0. The minimum Gasteiger partial charge on any atom is -0.299 e. The predicted molar refractivity (Wildman–Crippen MR) is 51.4 cm³/mol. The zero-order chi connectivity index (χ0) is 9.84. The Balaban J connectivity index is 2.58. The summed E-state index contributed by atoms with van der Waals surface area (Å²) in [5, 5.41) is 0. The van der Waals surface area contributed by atoms with Crippen LogP contribution in [0, 0.1) is 11.8 Å². The summed E-state index contributed by atoms with van der Waals surface area (Å²) in [5.74, 6) is 1.19. The molecule has 2 nitrogen and oxygen atoms in total. The van der Waals surface area contributed by atoms with Crippen LogP contribution in [-0.2, 0) is 9.59 Å². The highest BCUT2D eigenvalue weighted by atomic mass is 16.1. The van der Waals surface area contributed by atoms with Crippen LogP contribution in [0.2, 0.25) is 0 Å². The van der Waals surface area contributed by atoms with Crippen molar-refractivity contribution in [1.29, 1.82) is 0 Å². The smallest absolute Gasteiger partial charge is 0.140 e. The summed E-state index contributed by atoms with van der Waals surface area (Å²) < 4.78 is 0. The largest absolute Gasteiger partial charge is 0.299 e. The fourth-order valence-corrected chi connectivity index (χ4v) is 2.31. The molecule has 0 saturated heterocycles. The van der Waals surface area contributed by atoms with Crippen LogP contribution in [0.15, 0.2) is 0 Å². The molecular weight excluding hydrogens is 164 g/mol. The van der Waals surface area contributed by atoms with Gasteiger partial charge < -0.3 is 0 Å². The molecule has 0 aromatic heterocycles. The van der Waals surface area contributed by atoms with E-state index in [1.54, 1.807) is 0 Å². The Kier molecular flexibility index (Phi) is 3.64. The lowest BCUT2D eigenvalue weighted by Gasteiger charge is -2.27. The Morgan fingerprint density at radius 1 is 1.15 bits per heavy atom. The van der Waals surface area contributed by atoms with E-state index in [1.807, 2.05) is 0 Å². The van der Waals surface area contributed by atoms with Gasteiger partial charge >= 0.3 is 0 Å². The molecule has 1 saturated carbocycles. The molecule has 0 unspecified atom stereocenters. The van der Waals surface area contributed by atoms with Crippen molar-refractivity contribution in [3.63, 3.8) is 0 Å². The lowest BCUT2D eigenvalue weighted by atomic mass is 9.77. The fraction of sp³-hybridized carbons (Fsp3) is 0.818. The highest BCUT2D eigenvalue weighted by Crippen LogP contribution is 2.30. The average molecular weight is 182 g/mol. The van der Waals surface area contributed by atoms with E-state index in [9.17, 15) is 9.59 Å². The van der Waals surface area contributed by atoms with Gasteiger partial charge in [0.1, 0.15) is 11.6 Å². The van der Waals surface area contributed by atoms with Crippen LogP contribution in [0.4, 0.5) is 0 Å². The summed E-state index contributed by atoms with van der Waals surface area (Å²) in [6.07, 6.45) is 3.64. The zero-order valence-electron chi connectivity index (χ0n) is 8.51. The zero-order valence-corrected chi connectivity index (χ0v) is 8.51. The van der Waals surface area contributed by atoms with Gasteiger partial charge in [-0.3, -0.25) is 9.59 Å². The van der Waals surface area contributed by atoms with E-state index in [-0.39, 0.29) is 18.0 Å². The van der Waals surface area contributed by atoms with Gasteiger partial charge in [-0.05, 0) is 11.8 Å². The van der Waals surface area contributed by atoms with Gasteiger partial charge in [0, 0.05) is 12.8 Å². The first-order chi connectivity index (χ1) is 6.17. The third-order valence-electron chi connectivity index (χ3n) is 3.09. The van der Waals surface area contributed by atoms with Crippen molar-refractivity contribution in [3.8, 4) is 0 Å². The molecule has 0 radical (unpaired) electrons. The third-order valence-corrected chi connectivity index (χ3v) is 3.09. The second kappa shape index (κ2) is 4.54. The fourth-order valence-electron chi connectivity index (χ4n) is 2.31. The molecule has 1 aliphatic rings. The van der Waals surface area contributed by atoms with Gasteiger partial charge in [0.25, 0.3) is 0 Å². The maximum absolute atomic E-state index is 11.2. The molecule has 74 valence electrons. The van der Waals surface area contributed by atoms with E-state index in [1.165, 1.54) is 0 Å². The van der Waals surface area contributed by atoms with Gasteiger partial charge in [0.15, 0.2) is 0 Å². The summed E-state index contributed by atoms with van der Waals surface area (Å²) in [6, 6.07) is 0. The molecule has 2 heteroatoms. The van der Waals surface area contributed by atoms with Gasteiger partial charge in [-0.2, -0.15) is 0 Å². The van der Waals surface area contributed by atoms with Crippen molar-refractivity contribution < 1.29 is 9.59 Å². The molecule has 0 N–H and O–H groups in total. The molecule has 0 spiro atoms. The first-order valence-electron chi connectivity index (χ1n) is 5.20. The third kappa shape index (κ3) is 2.64. The monoisotopic (exact) mass is 182 g/mol. The number of rotatable bonds is 3. The van der Waals surface area contributed by atoms with Crippen LogP contribution in [0.1, 0.15) is 46.0 Å². The van der Waals surface area contributed by atoms with Crippen molar-refractivity contribution in [1.82, 2.24) is 0 Å². The Morgan fingerprint density at radius 3 is 2.00 bits per heavy atom. The van der Waals surface area contributed by atoms with E-state index >= 15 is 0 Å². The van der Waals surface area contributed by atoms with E-state index in [4.69, 9.17) is 0 Å². The summed E-state index contributed by atoms with van der Waals surface area (Å²) in [5.41, 5.74) is 0. The van der Waals surface area contributed by atoms with E-state index < -0.39 is 0 Å². The second-order valence-corrected chi connectivity index (χ2v) is 4.00. The Labute approximate surface area is 79.7 Å². The van der Waals surface area contributed by atoms with Gasteiger partial charge in [-0.15, -0.1) is 0 Å². The average Bonchev–Trinajstić information content (AvgIpc) is 2.04. The topological polar surface area (TPSA) is 34.1 Å². The van der Waals surface area contributed by atoms with E-state index in [2.05, 4.69) is 13.8 Å². The molecule has 1 rings (SSSR count). The van der Waals surface area contributed by atoms with Crippen LogP contribution in [0.5, 0.6) is 0 Å². The summed E-state index contributed by atoms with van der Waals surface area (Å²) in [6.45, 7) is 4.27.